The van der Waals surface area contributed by atoms with Crippen molar-refractivity contribution in [2.75, 3.05) is 6.54 Å². The molecule has 24 heavy (non-hydrogen) atoms. The molecule has 0 saturated carbocycles. The van der Waals surface area contributed by atoms with Gasteiger partial charge in [0.05, 0.1) is 6.54 Å². The summed E-state index contributed by atoms with van der Waals surface area (Å²) in [6.45, 7) is 2.44. The molecular formula is C16H15BrN4O3. The molecule has 2 rings (SSSR count). The van der Waals surface area contributed by atoms with E-state index in [1.165, 1.54) is 6.92 Å². The number of nitrogens with two attached hydrogens (primary N) is 1. The Labute approximate surface area is 147 Å². The lowest BCUT2D eigenvalue weighted by molar-refractivity contribution is -0.133. The van der Waals surface area contributed by atoms with Gasteiger partial charge in [0.1, 0.15) is 17.2 Å². The average molecular weight is 391 g/mol. The molecule has 1 atom stereocenters. The molecule has 0 aromatic heterocycles. The first-order valence-electron chi connectivity index (χ1n) is 7.00. The largest absolute Gasteiger partial charge is 0.401 e. The summed E-state index contributed by atoms with van der Waals surface area (Å²) >= 11 is 3.32. The number of amides is 3. The summed E-state index contributed by atoms with van der Waals surface area (Å²) in [4.78, 5) is 37.8. The van der Waals surface area contributed by atoms with Crippen LogP contribution in [0.15, 0.2) is 40.0 Å². The van der Waals surface area contributed by atoms with E-state index in [-0.39, 0.29) is 11.3 Å². The van der Waals surface area contributed by atoms with Crippen molar-refractivity contribution in [3.63, 3.8) is 0 Å². The monoisotopic (exact) mass is 390 g/mol. The Morgan fingerprint density at radius 1 is 1.46 bits per heavy atom. The minimum Gasteiger partial charge on any atom is -0.401 e. The number of halogens is 1. The molecule has 0 spiro atoms. The van der Waals surface area contributed by atoms with Crippen LogP contribution in [0.2, 0.25) is 0 Å². The number of Topliss-reactive ketones (excluding diaryl/α,β-unsaturated/α-hetero) is 1. The van der Waals surface area contributed by atoms with Gasteiger partial charge in [-0.3, -0.25) is 14.5 Å². The van der Waals surface area contributed by atoms with Crippen molar-refractivity contribution in [1.29, 1.82) is 5.26 Å². The highest BCUT2D eigenvalue weighted by Gasteiger charge is 2.49. The first-order chi connectivity index (χ1) is 11.2. The van der Waals surface area contributed by atoms with Crippen LogP contribution < -0.4 is 11.1 Å². The molecule has 1 aliphatic heterocycles. The van der Waals surface area contributed by atoms with E-state index < -0.39 is 29.8 Å². The van der Waals surface area contributed by atoms with Crippen LogP contribution in [0.5, 0.6) is 0 Å². The Morgan fingerprint density at radius 3 is 2.67 bits per heavy atom. The molecule has 0 radical (unpaired) electrons. The van der Waals surface area contributed by atoms with E-state index in [0.717, 1.165) is 9.37 Å². The Morgan fingerprint density at radius 2 is 2.12 bits per heavy atom. The van der Waals surface area contributed by atoms with Crippen molar-refractivity contribution in [2.24, 2.45) is 5.73 Å². The standard InChI is InChI=1S/C16H15BrN4O3/c1-9(19)12(7-18)13(22)8-21-14(23)16(2,20-15(21)24)10-4-3-5-11(17)6-10/h3-6H,8,19H2,1-2H3,(H,20,24)/b12-9+. The molecule has 1 aromatic rings. The van der Waals surface area contributed by atoms with Gasteiger partial charge in [-0.2, -0.15) is 5.26 Å². The number of nitriles is 1. The molecular weight excluding hydrogens is 376 g/mol. The molecule has 0 aliphatic carbocycles. The first kappa shape index (κ1) is 17.7. The molecule has 1 aliphatic rings. The lowest BCUT2D eigenvalue weighted by Crippen LogP contribution is -2.41. The lowest BCUT2D eigenvalue weighted by Gasteiger charge is -2.22. The van der Waals surface area contributed by atoms with Crippen molar-refractivity contribution in [2.45, 2.75) is 19.4 Å². The van der Waals surface area contributed by atoms with Crippen LogP contribution in [0, 0.1) is 11.3 Å². The van der Waals surface area contributed by atoms with Gasteiger partial charge in [0, 0.05) is 10.2 Å². The highest BCUT2D eigenvalue weighted by molar-refractivity contribution is 9.10. The molecule has 3 N–H and O–H groups in total. The zero-order chi connectivity index (χ0) is 18.1. The van der Waals surface area contributed by atoms with Crippen LogP contribution in [0.3, 0.4) is 0 Å². The summed E-state index contributed by atoms with van der Waals surface area (Å²) in [5.41, 5.74) is 4.57. The number of nitrogens with zero attached hydrogens (tertiary/aromatic N) is 2. The summed E-state index contributed by atoms with van der Waals surface area (Å²) in [6, 6.07) is 7.96. The number of hydrogen-bond acceptors (Lipinski definition) is 5. The van der Waals surface area contributed by atoms with Gasteiger partial charge in [-0.25, -0.2) is 4.79 Å². The normalized spacial score (nSPS) is 21.2. The van der Waals surface area contributed by atoms with E-state index in [4.69, 9.17) is 11.0 Å². The maximum absolute atomic E-state index is 12.7. The van der Waals surface area contributed by atoms with Crippen molar-refractivity contribution >= 4 is 33.7 Å². The summed E-state index contributed by atoms with van der Waals surface area (Å²) in [6.07, 6.45) is 0. The van der Waals surface area contributed by atoms with E-state index in [0.29, 0.717) is 5.56 Å². The van der Waals surface area contributed by atoms with Crippen LogP contribution in [0.1, 0.15) is 19.4 Å². The van der Waals surface area contributed by atoms with Gasteiger partial charge in [-0.05, 0) is 31.5 Å². The first-order valence-corrected chi connectivity index (χ1v) is 7.79. The van der Waals surface area contributed by atoms with E-state index >= 15 is 0 Å². The topological polar surface area (TPSA) is 116 Å². The van der Waals surface area contributed by atoms with Crippen LogP contribution in [0.25, 0.3) is 0 Å². The highest BCUT2D eigenvalue weighted by Crippen LogP contribution is 2.30. The number of carbonyl (C=O) groups excluding carboxylic acids is 3. The fourth-order valence-electron chi connectivity index (χ4n) is 2.43. The van der Waals surface area contributed by atoms with Gasteiger partial charge in [-0.15, -0.1) is 0 Å². The van der Waals surface area contributed by atoms with Gasteiger partial charge >= 0.3 is 6.03 Å². The number of imide groups is 1. The summed E-state index contributed by atoms with van der Waals surface area (Å²) < 4.78 is 0.756. The summed E-state index contributed by atoms with van der Waals surface area (Å²) in [7, 11) is 0. The Balaban J connectivity index is 2.32. The third-order valence-corrected chi connectivity index (χ3v) is 4.26. The number of allylic oxidation sites excluding steroid dienone is 1. The number of urea groups is 1. The second-order valence-electron chi connectivity index (χ2n) is 5.55. The molecule has 1 heterocycles. The number of hydrogen-bond donors (Lipinski definition) is 2. The van der Waals surface area contributed by atoms with Crippen molar-refractivity contribution in [1.82, 2.24) is 10.2 Å². The lowest BCUT2D eigenvalue weighted by atomic mass is 9.92. The third kappa shape index (κ3) is 3.03. The SMILES string of the molecule is C/C(N)=C(/C#N)C(=O)CN1C(=O)NC(C)(c2cccc(Br)c2)C1=O. The summed E-state index contributed by atoms with van der Waals surface area (Å²) in [5.74, 6) is -1.24. The Kier molecular flexibility index (Phi) is 4.76. The smallest absolute Gasteiger partial charge is 0.325 e. The number of ketones is 1. The highest BCUT2D eigenvalue weighted by atomic mass is 79.9. The van der Waals surface area contributed by atoms with Crippen molar-refractivity contribution in [3.05, 3.63) is 45.6 Å². The van der Waals surface area contributed by atoms with Crippen molar-refractivity contribution < 1.29 is 14.4 Å². The second-order valence-corrected chi connectivity index (χ2v) is 6.47. The molecule has 8 heteroatoms. The molecule has 124 valence electrons. The van der Waals surface area contributed by atoms with Gasteiger partial charge in [0.25, 0.3) is 5.91 Å². The van der Waals surface area contributed by atoms with Gasteiger partial charge in [0.15, 0.2) is 5.78 Å². The number of nitrogens with one attached hydrogen (secondary N) is 1. The Hall–Kier alpha value is -2.66. The minimum atomic E-state index is -1.28. The second kappa shape index (κ2) is 6.45. The predicted molar refractivity (Wildman–Crippen MR) is 89.2 cm³/mol. The van der Waals surface area contributed by atoms with Crippen molar-refractivity contribution in [3.8, 4) is 6.07 Å². The van der Waals surface area contributed by atoms with E-state index in [2.05, 4.69) is 21.2 Å². The minimum absolute atomic E-state index is 0.0457. The molecule has 7 nitrogen and oxygen atoms in total. The van der Waals surface area contributed by atoms with Gasteiger partial charge in [-0.1, -0.05) is 28.1 Å². The average Bonchev–Trinajstić information content (AvgIpc) is 2.72. The maximum atomic E-state index is 12.7. The molecule has 3 amide bonds. The fourth-order valence-corrected chi connectivity index (χ4v) is 2.83. The van der Waals surface area contributed by atoms with Crippen LogP contribution >= 0.6 is 15.9 Å². The zero-order valence-electron chi connectivity index (χ0n) is 13.1. The molecule has 1 aromatic carbocycles. The third-order valence-electron chi connectivity index (χ3n) is 3.76. The van der Waals surface area contributed by atoms with Crippen LogP contribution in [-0.4, -0.2) is 29.2 Å². The van der Waals surface area contributed by atoms with E-state index in [9.17, 15) is 14.4 Å². The van der Waals surface area contributed by atoms with Crippen LogP contribution in [0.4, 0.5) is 4.79 Å². The van der Waals surface area contributed by atoms with Gasteiger partial charge < -0.3 is 11.1 Å². The fraction of sp³-hybridized carbons (Fsp3) is 0.250. The molecule has 0 bridgehead atoms. The Bertz CT molecular complexity index is 808. The number of rotatable bonds is 4. The summed E-state index contributed by atoms with van der Waals surface area (Å²) in [5, 5.41) is 11.6. The quantitative estimate of drug-likeness (QED) is 0.459. The maximum Gasteiger partial charge on any atom is 0.325 e. The molecule has 1 fully saturated rings. The van der Waals surface area contributed by atoms with E-state index in [1.54, 1.807) is 37.3 Å². The molecule has 1 unspecified atom stereocenters. The number of carbonyl (C=O) groups is 3. The van der Waals surface area contributed by atoms with E-state index in [1.807, 2.05) is 0 Å². The molecule has 1 saturated heterocycles. The van der Waals surface area contributed by atoms with Crippen LogP contribution in [-0.2, 0) is 15.1 Å². The number of benzene rings is 1. The predicted octanol–water partition coefficient (Wildman–Crippen LogP) is 1.54. The zero-order valence-corrected chi connectivity index (χ0v) is 14.7. The van der Waals surface area contributed by atoms with Gasteiger partial charge in [0.2, 0.25) is 0 Å².